The van der Waals surface area contributed by atoms with Crippen molar-refractivity contribution in [1.82, 2.24) is 9.55 Å². The summed E-state index contributed by atoms with van der Waals surface area (Å²) in [6.45, 7) is 1.03. The number of nitrogens with one attached hydrogen (secondary N) is 1. The Hall–Kier alpha value is -3.08. The molecule has 1 aliphatic heterocycles. The number of carbonyl (C=O) groups is 1. The average molecular weight is 333 g/mol. The van der Waals surface area contributed by atoms with Gasteiger partial charge in [-0.1, -0.05) is 18.2 Å². The molecule has 4 rings (SSSR count). The van der Waals surface area contributed by atoms with Crippen molar-refractivity contribution in [2.24, 2.45) is 0 Å². The van der Waals surface area contributed by atoms with Gasteiger partial charge in [-0.3, -0.25) is 4.79 Å². The molecule has 0 saturated carbocycles. The van der Waals surface area contributed by atoms with Crippen LogP contribution in [0.2, 0.25) is 0 Å². The van der Waals surface area contributed by atoms with Crippen molar-refractivity contribution in [3.8, 4) is 17.0 Å². The van der Waals surface area contributed by atoms with Crippen molar-refractivity contribution < 1.29 is 9.53 Å². The zero-order valence-corrected chi connectivity index (χ0v) is 14.0. The Morgan fingerprint density at radius 3 is 2.84 bits per heavy atom. The lowest BCUT2D eigenvalue weighted by Gasteiger charge is -2.09. The van der Waals surface area contributed by atoms with Gasteiger partial charge in [-0.2, -0.15) is 0 Å². The summed E-state index contributed by atoms with van der Waals surface area (Å²) in [5, 5.41) is 2.92. The average Bonchev–Trinajstić information content (AvgIpc) is 3.26. The maximum absolute atomic E-state index is 12.4. The van der Waals surface area contributed by atoms with Gasteiger partial charge in [-0.25, -0.2) is 4.98 Å². The quantitative estimate of drug-likeness (QED) is 0.791. The number of amides is 1. The topological polar surface area (TPSA) is 56.1 Å². The van der Waals surface area contributed by atoms with Gasteiger partial charge in [0, 0.05) is 24.2 Å². The van der Waals surface area contributed by atoms with Gasteiger partial charge >= 0.3 is 0 Å². The van der Waals surface area contributed by atoms with E-state index in [1.165, 1.54) is 0 Å². The summed E-state index contributed by atoms with van der Waals surface area (Å²) in [5.41, 5.74) is 3.58. The van der Waals surface area contributed by atoms with Crippen LogP contribution in [-0.4, -0.2) is 22.6 Å². The van der Waals surface area contributed by atoms with E-state index in [0.717, 1.165) is 42.2 Å². The highest BCUT2D eigenvalue weighted by molar-refractivity contribution is 6.04. The Morgan fingerprint density at radius 2 is 2.04 bits per heavy atom. The molecule has 0 unspecified atom stereocenters. The first-order valence-corrected chi connectivity index (χ1v) is 8.35. The molecule has 0 aliphatic carbocycles. The van der Waals surface area contributed by atoms with Gasteiger partial charge in [0.1, 0.15) is 11.6 Å². The maximum atomic E-state index is 12.4. The Labute approximate surface area is 146 Å². The molecule has 25 heavy (non-hydrogen) atoms. The Kier molecular flexibility index (Phi) is 3.98. The summed E-state index contributed by atoms with van der Waals surface area (Å²) in [7, 11) is 1.59. The predicted octanol–water partition coefficient (Wildman–Crippen LogP) is 3.76. The second kappa shape index (κ2) is 6.43. The molecule has 1 N–H and O–H groups in total. The molecule has 0 fully saturated rings. The molecule has 1 aliphatic rings. The Bertz CT molecular complexity index is 913. The maximum Gasteiger partial charge on any atom is 0.255 e. The molecule has 0 atom stereocenters. The fourth-order valence-corrected chi connectivity index (χ4v) is 3.18. The number of ether oxygens (including phenoxy) is 1. The summed E-state index contributed by atoms with van der Waals surface area (Å²) in [5.74, 6) is 1.67. The molecule has 0 saturated heterocycles. The van der Waals surface area contributed by atoms with E-state index in [0.29, 0.717) is 11.3 Å². The van der Waals surface area contributed by atoms with Crippen LogP contribution in [0.5, 0.6) is 5.75 Å². The predicted molar refractivity (Wildman–Crippen MR) is 96.9 cm³/mol. The van der Waals surface area contributed by atoms with Crippen molar-refractivity contribution >= 4 is 11.6 Å². The number of benzene rings is 2. The molecule has 0 spiro atoms. The third-order valence-corrected chi connectivity index (χ3v) is 4.49. The second-order valence-corrected chi connectivity index (χ2v) is 6.08. The van der Waals surface area contributed by atoms with Crippen LogP contribution in [0, 0.1) is 0 Å². The molecule has 126 valence electrons. The highest BCUT2D eigenvalue weighted by Crippen LogP contribution is 2.26. The molecule has 2 heterocycles. The first-order valence-electron chi connectivity index (χ1n) is 8.35. The molecule has 0 radical (unpaired) electrons. The number of methoxy groups -OCH3 is 1. The monoisotopic (exact) mass is 333 g/mol. The number of anilines is 1. The number of aromatic nitrogens is 2. The van der Waals surface area contributed by atoms with Crippen molar-refractivity contribution in [3.05, 3.63) is 66.1 Å². The zero-order chi connectivity index (χ0) is 17.2. The summed E-state index contributed by atoms with van der Waals surface area (Å²) in [4.78, 5) is 16.8. The van der Waals surface area contributed by atoms with Crippen molar-refractivity contribution in [2.45, 2.75) is 19.4 Å². The van der Waals surface area contributed by atoms with E-state index in [1.54, 1.807) is 25.3 Å². The standard InChI is InChI=1S/C20H19N3O2/c1-25-17-5-2-4-15(12-17)20(24)22-16-9-7-14(8-10-16)18-13-21-19-6-3-11-23(18)19/h2,4-5,7-10,12-13H,3,6,11H2,1H3,(H,22,24). The van der Waals surface area contributed by atoms with Crippen LogP contribution in [0.15, 0.2) is 54.7 Å². The van der Waals surface area contributed by atoms with Crippen LogP contribution >= 0.6 is 0 Å². The number of fused-ring (bicyclic) bond motifs is 1. The lowest BCUT2D eigenvalue weighted by atomic mass is 10.1. The zero-order valence-electron chi connectivity index (χ0n) is 14.0. The van der Waals surface area contributed by atoms with E-state index in [2.05, 4.69) is 14.9 Å². The molecule has 3 aromatic rings. The van der Waals surface area contributed by atoms with Crippen LogP contribution in [0.1, 0.15) is 22.6 Å². The van der Waals surface area contributed by atoms with Gasteiger partial charge in [0.05, 0.1) is 19.0 Å². The fourth-order valence-electron chi connectivity index (χ4n) is 3.18. The van der Waals surface area contributed by atoms with Crippen LogP contribution in [0.3, 0.4) is 0 Å². The minimum absolute atomic E-state index is 0.156. The van der Waals surface area contributed by atoms with Crippen LogP contribution in [0.25, 0.3) is 11.3 Å². The summed E-state index contributed by atoms with van der Waals surface area (Å²) < 4.78 is 7.43. The summed E-state index contributed by atoms with van der Waals surface area (Å²) in [6, 6.07) is 15.0. The third-order valence-electron chi connectivity index (χ3n) is 4.49. The van der Waals surface area contributed by atoms with Crippen molar-refractivity contribution in [1.29, 1.82) is 0 Å². The minimum Gasteiger partial charge on any atom is -0.497 e. The second-order valence-electron chi connectivity index (χ2n) is 6.08. The largest absolute Gasteiger partial charge is 0.497 e. The Balaban J connectivity index is 1.51. The molecule has 5 nitrogen and oxygen atoms in total. The molecule has 5 heteroatoms. The number of hydrogen-bond donors (Lipinski definition) is 1. The van der Waals surface area contributed by atoms with Gasteiger partial charge < -0.3 is 14.6 Å². The number of carbonyl (C=O) groups excluding carboxylic acids is 1. The van der Waals surface area contributed by atoms with Crippen LogP contribution < -0.4 is 10.1 Å². The highest BCUT2D eigenvalue weighted by atomic mass is 16.5. The first-order chi connectivity index (χ1) is 12.2. The van der Waals surface area contributed by atoms with E-state index in [1.807, 2.05) is 36.5 Å². The molecule has 1 aromatic heterocycles. The smallest absolute Gasteiger partial charge is 0.255 e. The third kappa shape index (κ3) is 3.01. The molecule has 0 bridgehead atoms. The number of hydrogen-bond acceptors (Lipinski definition) is 3. The van der Waals surface area contributed by atoms with E-state index in [9.17, 15) is 4.79 Å². The molecule has 1 amide bonds. The number of nitrogens with zero attached hydrogens (tertiary/aromatic N) is 2. The first kappa shape index (κ1) is 15.4. The van der Waals surface area contributed by atoms with Gasteiger partial charge in [-0.15, -0.1) is 0 Å². The van der Waals surface area contributed by atoms with Crippen molar-refractivity contribution in [2.75, 3.05) is 12.4 Å². The fraction of sp³-hybridized carbons (Fsp3) is 0.200. The van der Waals surface area contributed by atoms with E-state index < -0.39 is 0 Å². The molecule has 2 aromatic carbocycles. The van der Waals surface area contributed by atoms with Crippen LogP contribution in [0.4, 0.5) is 5.69 Å². The SMILES string of the molecule is COc1cccc(C(=O)Nc2ccc(-c3cnc4n3CCC4)cc2)c1. The van der Waals surface area contributed by atoms with E-state index in [4.69, 9.17) is 4.74 Å². The lowest BCUT2D eigenvalue weighted by Crippen LogP contribution is -2.11. The lowest BCUT2D eigenvalue weighted by molar-refractivity contribution is 0.102. The number of imidazole rings is 1. The Morgan fingerprint density at radius 1 is 1.20 bits per heavy atom. The normalized spacial score (nSPS) is 12.7. The number of aryl methyl sites for hydroxylation is 1. The van der Waals surface area contributed by atoms with Gasteiger partial charge in [0.2, 0.25) is 0 Å². The summed E-state index contributed by atoms with van der Waals surface area (Å²) in [6.07, 6.45) is 4.14. The van der Waals surface area contributed by atoms with Crippen LogP contribution in [-0.2, 0) is 13.0 Å². The number of rotatable bonds is 4. The molecular formula is C20H19N3O2. The van der Waals surface area contributed by atoms with Gasteiger partial charge in [0.15, 0.2) is 0 Å². The van der Waals surface area contributed by atoms with E-state index >= 15 is 0 Å². The molecular weight excluding hydrogens is 314 g/mol. The summed E-state index contributed by atoms with van der Waals surface area (Å²) >= 11 is 0. The van der Waals surface area contributed by atoms with Crippen molar-refractivity contribution in [3.63, 3.8) is 0 Å². The van der Waals surface area contributed by atoms with Gasteiger partial charge in [-0.05, 0) is 42.3 Å². The van der Waals surface area contributed by atoms with Gasteiger partial charge in [0.25, 0.3) is 5.91 Å². The van der Waals surface area contributed by atoms with E-state index in [-0.39, 0.29) is 5.91 Å². The minimum atomic E-state index is -0.156. The highest BCUT2D eigenvalue weighted by Gasteiger charge is 2.16.